The maximum Gasteiger partial charge on any atom is 0.289 e. The van der Waals surface area contributed by atoms with Gasteiger partial charge in [0.25, 0.3) is 11.8 Å². The molecule has 0 unspecified atom stereocenters. The average molecular weight is 576 g/mol. The fourth-order valence-electron chi connectivity index (χ4n) is 4.78. The van der Waals surface area contributed by atoms with E-state index < -0.39 is 12.1 Å². The van der Waals surface area contributed by atoms with E-state index in [0.29, 0.717) is 47.4 Å². The van der Waals surface area contributed by atoms with Crippen molar-refractivity contribution in [3.05, 3.63) is 89.6 Å². The molecule has 12 heteroatoms. The topological polar surface area (TPSA) is 121 Å². The molecule has 4 heterocycles. The van der Waals surface area contributed by atoms with Gasteiger partial charge in [0, 0.05) is 23.5 Å². The molecule has 1 saturated heterocycles. The summed E-state index contributed by atoms with van der Waals surface area (Å²) < 4.78 is 25.1. The molecule has 4 bridgehead atoms. The van der Waals surface area contributed by atoms with Gasteiger partial charge < -0.3 is 28.8 Å². The third-order valence-electron chi connectivity index (χ3n) is 6.90. The number of methoxy groups -OCH3 is 1. The number of nitrogens with zero attached hydrogens (tertiary/aromatic N) is 4. The maximum atomic E-state index is 13.4. The second-order valence-corrected chi connectivity index (χ2v) is 10.7. The summed E-state index contributed by atoms with van der Waals surface area (Å²) in [6.45, 7) is 1.49. The molecule has 41 heavy (non-hydrogen) atoms. The van der Waals surface area contributed by atoms with Gasteiger partial charge >= 0.3 is 0 Å². The molecule has 212 valence electrons. The number of hydrogen-bond donors (Lipinski definition) is 1. The first-order valence-electron chi connectivity index (χ1n) is 13.2. The largest absolute Gasteiger partial charge is 0.493 e. The first-order valence-corrected chi connectivity index (χ1v) is 14.2. The van der Waals surface area contributed by atoms with E-state index in [1.165, 1.54) is 0 Å². The van der Waals surface area contributed by atoms with Gasteiger partial charge in [-0.2, -0.15) is 0 Å². The number of amides is 2. The number of nitrogens with one attached hydrogen (secondary N) is 1. The lowest BCUT2D eigenvalue weighted by molar-refractivity contribution is 0.0288. The maximum absolute atomic E-state index is 13.4. The zero-order valence-corrected chi connectivity index (χ0v) is 23.2. The molecule has 6 rings (SSSR count). The number of thioether (sulfide) groups is 1. The molecule has 2 atom stereocenters. The number of carbonyl (C=O) groups excluding carboxylic acids is 2. The number of fused-ring (bicyclic) bond motifs is 5. The van der Waals surface area contributed by atoms with Crippen LogP contribution in [0.1, 0.15) is 32.4 Å². The quantitative estimate of drug-likeness (QED) is 0.357. The Balaban J connectivity index is 1.19. The molecule has 2 aliphatic rings. The normalized spacial score (nSPS) is 19.0. The van der Waals surface area contributed by atoms with Crippen LogP contribution in [0.2, 0.25) is 0 Å². The van der Waals surface area contributed by atoms with Crippen molar-refractivity contribution in [1.29, 1.82) is 0 Å². The van der Waals surface area contributed by atoms with Crippen molar-refractivity contribution in [3.63, 3.8) is 0 Å². The monoisotopic (exact) mass is 575 g/mol. The molecule has 2 amide bonds. The number of aromatic nitrogens is 3. The Hall–Kier alpha value is -4.29. The SMILES string of the molecule is COc1ccc2cc1OCCn1cc(nn1)CO[C@H]1CN(C(=O)c3ccc(CSc4ccccc4)o3)C[C@@H]1NC2=O. The summed E-state index contributed by atoms with van der Waals surface area (Å²) in [6.07, 6.45) is 1.33. The van der Waals surface area contributed by atoms with Crippen LogP contribution in [0.15, 0.2) is 76.2 Å². The van der Waals surface area contributed by atoms with Gasteiger partial charge in [-0.05, 0) is 42.5 Å². The number of ether oxygens (including phenoxy) is 3. The van der Waals surface area contributed by atoms with Gasteiger partial charge in [0.2, 0.25) is 0 Å². The van der Waals surface area contributed by atoms with Crippen molar-refractivity contribution in [1.82, 2.24) is 25.2 Å². The number of carbonyl (C=O) groups is 2. The van der Waals surface area contributed by atoms with Crippen LogP contribution in [0.5, 0.6) is 11.5 Å². The predicted octanol–water partition coefficient (Wildman–Crippen LogP) is 3.40. The smallest absolute Gasteiger partial charge is 0.289 e. The Kier molecular flexibility index (Phi) is 7.92. The number of hydrogen-bond acceptors (Lipinski definition) is 9. The highest BCUT2D eigenvalue weighted by atomic mass is 32.2. The van der Waals surface area contributed by atoms with E-state index in [-0.39, 0.29) is 37.3 Å². The van der Waals surface area contributed by atoms with E-state index in [1.54, 1.807) is 58.9 Å². The van der Waals surface area contributed by atoms with Gasteiger partial charge in [0.15, 0.2) is 17.3 Å². The van der Waals surface area contributed by atoms with Crippen LogP contribution in [-0.4, -0.2) is 70.7 Å². The van der Waals surface area contributed by atoms with Gasteiger partial charge in [-0.25, -0.2) is 4.68 Å². The third kappa shape index (κ3) is 6.23. The molecule has 2 aliphatic heterocycles. The summed E-state index contributed by atoms with van der Waals surface area (Å²) in [7, 11) is 1.55. The summed E-state index contributed by atoms with van der Waals surface area (Å²) in [5.41, 5.74) is 1.05. The van der Waals surface area contributed by atoms with Gasteiger partial charge in [0.1, 0.15) is 18.1 Å². The van der Waals surface area contributed by atoms with Gasteiger partial charge in [-0.1, -0.05) is 23.4 Å². The molecule has 2 aromatic carbocycles. The van der Waals surface area contributed by atoms with Gasteiger partial charge in [-0.15, -0.1) is 16.9 Å². The van der Waals surface area contributed by atoms with Crippen LogP contribution in [0.3, 0.4) is 0 Å². The molecule has 1 N–H and O–H groups in total. The fourth-order valence-corrected chi connectivity index (χ4v) is 5.60. The Labute approximate surface area is 240 Å². The van der Waals surface area contributed by atoms with Crippen molar-refractivity contribution in [2.75, 3.05) is 26.8 Å². The van der Waals surface area contributed by atoms with Gasteiger partial charge in [0.05, 0.1) is 44.4 Å². The van der Waals surface area contributed by atoms with Crippen molar-refractivity contribution >= 4 is 23.6 Å². The van der Waals surface area contributed by atoms with Crippen molar-refractivity contribution in [3.8, 4) is 11.5 Å². The highest BCUT2D eigenvalue weighted by Gasteiger charge is 2.38. The molecule has 1 fully saturated rings. The van der Waals surface area contributed by atoms with E-state index in [2.05, 4.69) is 15.6 Å². The lowest BCUT2D eigenvalue weighted by Crippen LogP contribution is -2.44. The fraction of sp³-hybridized carbons (Fsp3) is 0.310. The Morgan fingerprint density at radius 1 is 1.15 bits per heavy atom. The van der Waals surface area contributed by atoms with E-state index in [0.717, 1.165) is 4.90 Å². The second kappa shape index (κ2) is 12.1. The molecular weight excluding hydrogens is 546 g/mol. The van der Waals surface area contributed by atoms with E-state index in [4.69, 9.17) is 18.6 Å². The van der Waals surface area contributed by atoms with E-state index in [1.807, 2.05) is 36.4 Å². The van der Waals surface area contributed by atoms with Crippen LogP contribution in [0, 0.1) is 0 Å². The lowest BCUT2D eigenvalue weighted by atomic mass is 10.1. The van der Waals surface area contributed by atoms with Crippen LogP contribution in [-0.2, 0) is 23.6 Å². The number of rotatable bonds is 5. The first kappa shape index (κ1) is 26.9. The molecule has 0 aliphatic carbocycles. The van der Waals surface area contributed by atoms with Crippen LogP contribution in [0.25, 0.3) is 0 Å². The zero-order valence-electron chi connectivity index (χ0n) is 22.4. The van der Waals surface area contributed by atoms with Crippen LogP contribution >= 0.6 is 11.8 Å². The third-order valence-corrected chi connectivity index (χ3v) is 7.94. The Morgan fingerprint density at radius 2 is 2.02 bits per heavy atom. The molecule has 4 aromatic rings. The average Bonchev–Trinajstić information content (AvgIpc) is 3.75. The molecule has 0 spiro atoms. The van der Waals surface area contributed by atoms with E-state index >= 15 is 0 Å². The summed E-state index contributed by atoms with van der Waals surface area (Å²) >= 11 is 1.64. The molecule has 0 saturated carbocycles. The van der Waals surface area contributed by atoms with Crippen LogP contribution < -0.4 is 14.8 Å². The Morgan fingerprint density at radius 3 is 2.88 bits per heavy atom. The Bertz CT molecular complexity index is 1520. The first-order chi connectivity index (χ1) is 20.1. The highest BCUT2D eigenvalue weighted by Crippen LogP contribution is 2.29. The summed E-state index contributed by atoms with van der Waals surface area (Å²) in [6, 6.07) is 18.1. The summed E-state index contributed by atoms with van der Waals surface area (Å²) in [5.74, 6) is 1.97. The molecule has 11 nitrogen and oxygen atoms in total. The van der Waals surface area contributed by atoms with Gasteiger partial charge in [-0.3, -0.25) is 9.59 Å². The molecule has 0 radical (unpaired) electrons. The molecular formula is C29H29N5O6S. The molecule has 2 aromatic heterocycles. The minimum absolute atomic E-state index is 0.184. The number of likely N-dealkylation sites (tertiary alicyclic amines) is 1. The number of benzene rings is 2. The zero-order chi connectivity index (χ0) is 28.2. The lowest BCUT2D eigenvalue weighted by Gasteiger charge is -2.20. The van der Waals surface area contributed by atoms with Crippen LogP contribution in [0.4, 0.5) is 0 Å². The van der Waals surface area contributed by atoms with E-state index in [9.17, 15) is 9.59 Å². The summed E-state index contributed by atoms with van der Waals surface area (Å²) in [5, 5.41) is 11.4. The highest BCUT2D eigenvalue weighted by molar-refractivity contribution is 7.98. The van der Waals surface area contributed by atoms with Crippen molar-refractivity contribution in [2.45, 2.75) is 35.9 Å². The minimum atomic E-state index is -0.463. The summed E-state index contributed by atoms with van der Waals surface area (Å²) in [4.78, 5) is 29.5. The second-order valence-electron chi connectivity index (χ2n) is 9.69. The standard InChI is InChI=1S/C29H29N5O6S/c1-37-24-9-7-19-13-26(24)38-12-11-34-14-20(31-32-34)17-39-27-16-33(15-23(27)30-28(19)35)29(36)25-10-8-21(40-25)18-41-22-5-3-2-4-6-22/h2-10,13-14,23,27H,11-12,15-18H2,1H3,(H,30,35)/t23-,27-/m0/s1. The number of furan rings is 1. The van der Waals surface area contributed by atoms with Crippen molar-refractivity contribution < 1.29 is 28.2 Å². The van der Waals surface area contributed by atoms with Crippen molar-refractivity contribution in [2.24, 2.45) is 0 Å². The minimum Gasteiger partial charge on any atom is -0.493 e. The predicted molar refractivity (Wildman–Crippen MR) is 149 cm³/mol.